The lowest BCUT2D eigenvalue weighted by Gasteiger charge is -2.22. The summed E-state index contributed by atoms with van der Waals surface area (Å²) in [6.07, 6.45) is 4.06. The summed E-state index contributed by atoms with van der Waals surface area (Å²) in [5.41, 5.74) is 1.37. The molecule has 18 heavy (non-hydrogen) atoms. The molecule has 0 saturated heterocycles. The standard InChI is InChI=1S/C13H22ClN3O/c1-3-17-11(12(14)10(2)16-17)8-15-9-13(18)6-4-5-7-13/h15,18H,3-9H2,1-2H3. The zero-order chi connectivity index (χ0) is 13.2. The Hall–Kier alpha value is -0.580. The summed E-state index contributed by atoms with van der Waals surface area (Å²) in [6, 6.07) is 0. The van der Waals surface area contributed by atoms with Crippen molar-refractivity contribution in [2.45, 2.75) is 58.2 Å². The number of nitrogens with one attached hydrogen (secondary N) is 1. The van der Waals surface area contributed by atoms with Gasteiger partial charge in [0.05, 0.1) is 22.0 Å². The van der Waals surface area contributed by atoms with Crippen molar-refractivity contribution in [2.75, 3.05) is 6.54 Å². The summed E-state index contributed by atoms with van der Waals surface area (Å²) in [5.74, 6) is 0. The van der Waals surface area contributed by atoms with E-state index in [9.17, 15) is 5.11 Å². The highest BCUT2D eigenvalue weighted by Crippen LogP contribution is 2.28. The van der Waals surface area contributed by atoms with Crippen LogP contribution in [0.15, 0.2) is 0 Å². The molecular weight excluding hydrogens is 250 g/mol. The Kier molecular flexibility index (Phi) is 4.30. The van der Waals surface area contributed by atoms with Crippen LogP contribution in [-0.4, -0.2) is 27.0 Å². The topological polar surface area (TPSA) is 50.1 Å². The van der Waals surface area contributed by atoms with Gasteiger partial charge in [-0.1, -0.05) is 24.4 Å². The number of aliphatic hydroxyl groups is 1. The molecule has 5 heteroatoms. The van der Waals surface area contributed by atoms with E-state index in [0.29, 0.717) is 13.1 Å². The Bertz CT molecular complexity index is 411. The van der Waals surface area contributed by atoms with Gasteiger partial charge in [0.2, 0.25) is 0 Å². The largest absolute Gasteiger partial charge is 0.389 e. The molecule has 0 spiro atoms. The zero-order valence-electron chi connectivity index (χ0n) is 11.2. The summed E-state index contributed by atoms with van der Waals surface area (Å²) in [7, 11) is 0. The lowest BCUT2D eigenvalue weighted by Crippen LogP contribution is -2.38. The third-order valence-electron chi connectivity index (χ3n) is 3.73. The Morgan fingerprint density at radius 3 is 2.72 bits per heavy atom. The minimum atomic E-state index is -0.515. The van der Waals surface area contributed by atoms with Crippen molar-refractivity contribution in [3.8, 4) is 0 Å². The minimum Gasteiger partial charge on any atom is -0.389 e. The van der Waals surface area contributed by atoms with Crippen LogP contribution in [0.25, 0.3) is 0 Å². The van der Waals surface area contributed by atoms with E-state index in [1.54, 1.807) is 0 Å². The van der Waals surface area contributed by atoms with E-state index >= 15 is 0 Å². The predicted molar refractivity (Wildman–Crippen MR) is 72.8 cm³/mol. The van der Waals surface area contributed by atoms with Gasteiger partial charge in [-0.15, -0.1) is 0 Å². The molecule has 2 N–H and O–H groups in total. The van der Waals surface area contributed by atoms with Gasteiger partial charge < -0.3 is 10.4 Å². The molecule has 1 fully saturated rings. The molecule has 4 nitrogen and oxygen atoms in total. The molecule has 0 bridgehead atoms. The molecule has 1 saturated carbocycles. The third-order valence-corrected chi connectivity index (χ3v) is 4.23. The highest BCUT2D eigenvalue weighted by Gasteiger charge is 2.30. The molecule has 0 radical (unpaired) electrons. The maximum atomic E-state index is 10.3. The van der Waals surface area contributed by atoms with Gasteiger partial charge in [-0.05, 0) is 26.7 Å². The van der Waals surface area contributed by atoms with E-state index in [-0.39, 0.29) is 0 Å². The molecule has 0 aliphatic heterocycles. The van der Waals surface area contributed by atoms with Crippen molar-refractivity contribution in [3.05, 3.63) is 16.4 Å². The van der Waals surface area contributed by atoms with Gasteiger partial charge in [-0.3, -0.25) is 4.68 Å². The molecule has 1 heterocycles. The van der Waals surface area contributed by atoms with Gasteiger partial charge in [0.25, 0.3) is 0 Å². The van der Waals surface area contributed by atoms with Crippen LogP contribution in [-0.2, 0) is 13.1 Å². The zero-order valence-corrected chi connectivity index (χ0v) is 11.9. The van der Waals surface area contributed by atoms with Crippen molar-refractivity contribution in [1.29, 1.82) is 0 Å². The molecule has 1 aliphatic rings. The van der Waals surface area contributed by atoms with Crippen LogP contribution >= 0.6 is 11.6 Å². The normalized spacial score (nSPS) is 18.4. The highest BCUT2D eigenvalue weighted by atomic mass is 35.5. The van der Waals surface area contributed by atoms with Crippen molar-refractivity contribution in [1.82, 2.24) is 15.1 Å². The van der Waals surface area contributed by atoms with Crippen LogP contribution in [0.3, 0.4) is 0 Å². The number of rotatable bonds is 5. The minimum absolute atomic E-state index is 0.515. The van der Waals surface area contributed by atoms with Crippen LogP contribution in [0.5, 0.6) is 0 Å². The smallest absolute Gasteiger partial charge is 0.0860 e. The second-order valence-electron chi connectivity index (χ2n) is 5.20. The van der Waals surface area contributed by atoms with Gasteiger partial charge in [0, 0.05) is 19.6 Å². The number of hydrogen-bond acceptors (Lipinski definition) is 3. The molecule has 0 aromatic carbocycles. The average Bonchev–Trinajstić information content (AvgIpc) is 2.88. The Morgan fingerprint density at radius 2 is 2.11 bits per heavy atom. The van der Waals surface area contributed by atoms with Gasteiger partial charge in [-0.25, -0.2) is 0 Å². The lowest BCUT2D eigenvalue weighted by molar-refractivity contribution is 0.0473. The molecule has 0 atom stereocenters. The van der Waals surface area contributed by atoms with Crippen LogP contribution in [0.4, 0.5) is 0 Å². The summed E-state index contributed by atoms with van der Waals surface area (Å²) in [6.45, 7) is 6.08. The quantitative estimate of drug-likeness (QED) is 0.864. The molecular formula is C13H22ClN3O. The van der Waals surface area contributed by atoms with E-state index in [1.165, 1.54) is 0 Å². The highest BCUT2D eigenvalue weighted by molar-refractivity contribution is 6.31. The van der Waals surface area contributed by atoms with Crippen LogP contribution in [0.1, 0.15) is 44.0 Å². The SMILES string of the molecule is CCn1nc(C)c(Cl)c1CNCC1(O)CCCC1. The fourth-order valence-corrected chi connectivity index (χ4v) is 2.86. The maximum absolute atomic E-state index is 10.3. The first-order valence-corrected chi connectivity index (χ1v) is 7.08. The number of aryl methyl sites for hydroxylation is 2. The molecule has 1 aromatic heterocycles. The first kappa shape index (κ1) is 13.8. The molecule has 0 unspecified atom stereocenters. The van der Waals surface area contributed by atoms with Gasteiger partial charge >= 0.3 is 0 Å². The number of hydrogen-bond donors (Lipinski definition) is 2. The Balaban J connectivity index is 1.93. The van der Waals surface area contributed by atoms with E-state index in [0.717, 1.165) is 48.6 Å². The number of aromatic nitrogens is 2. The van der Waals surface area contributed by atoms with E-state index in [4.69, 9.17) is 11.6 Å². The number of nitrogens with zero attached hydrogens (tertiary/aromatic N) is 2. The fourth-order valence-electron chi connectivity index (χ4n) is 2.66. The van der Waals surface area contributed by atoms with Crippen molar-refractivity contribution in [2.24, 2.45) is 0 Å². The molecule has 1 aromatic rings. The summed E-state index contributed by atoms with van der Waals surface area (Å²) < 4.78 is 1.92. The van der Waals surface area contributed by atoms with Crippen LogP contribution in [0, 0.1) is 6.92 Å². The second-order valence-corrected chi connectivity index (χ2v) is 5.57. The first-order chi connectivity index (χ1) is 8.56. The first-order valence-electron chi connectivity index (χ1n) is 6.70. The summed E-state index contributed by atoms with van der Waals surface area (Å²) in [4.78, 5) is 0. The lowest BCUT2D eigenvalue weighted by atomic mass is 10.0. The van der Waals surface area contributed by atoms with Crippen LogP contribution < -0.4 is 5.32 Å². The van der Waals surface area contributed by atoms with E-state index < -0.39 is 5.60 Å². The Labute approximate surface area is 113 Å². The van der Waals surface area contributed by atoms with Crippen molar-refractivity contribution < 1.29 is 5.11 Å². The molecule has 0 amide bonds. The van der Waals surface area contributed by atoms with Gasteiger partial charge in [-0.2, -0.15) is 5.10 Å². The summed E-state index contributed by atoms with van der Waals surface area (Å²) in [5, 5.41) is 18.7. The second kappa shape index (κ2) is 5.59. The van der Waals surface area contributed by atoms with Gasteiger partial charge in [0.1, 0.15) is 0 Å². The summed E-state index contributed by atoms with van der Waals surface area (Å²) >= 11 is 6.24. The van der Waals surface area contributed by atoms with Gasteiger partial charge in [0.15, 0.2) is 0 Å². The molecule has 1 aliphatic carbocycles. The van der Waals surface area contributed by atoms with Crippen LogP contribution in [0.2, 0.25) is 5.02 Å². The van der Waals surface area contributed by atoms with E-state index in [2.05, 4.69) is 17.3 Å². The third kappa shape index (κ3) is 2.87. The average molecular weight is 272 g/mol. The molecule has 2 rings (SSSR count). The monoisotopic (exact) mass is 271 g/mol. The maximum Gasteiger partial charge on any atom is 0.0860 e. The number of halogens is 1. The molecule has 102 valence electrons. The predicted octanol–water partition coefficient (Wildman–Crippen LogP) is 2.26. The fraction of sp³-hybridized carbons (Fsp3) is 0.769. The van der Waals surface area contributed by atoms with E-state index in [1.807, 2.05) is 11.6 Å². The Morgan fingerprint density at radius 1 is 1.44 bits per heavy atom. The van der Waals surface area contributed by atoms with Crippen molar-refractivity contribution >= 4 is 11.6 Å². The van der Waals surface area contributed by atoms with Crippen molar-refractivity contribution in [3.63, 3.8) is 0 Å².